The number of nitrogens with one attached hydrogen (secondary N) is 3. The molecule has 0 bridgehead atoms. The summed E-state index contributed by atoms with van der Waals surface area (Å²) < 4.78 is 6.19. The molecule has 6 heteroatoms. The lowest BCUT2D eigenvalue weighted by atomic mass is 10.1. The molecule has 3 N–H and O–H groups in total. The largest absolute Gasteiger partial charge is 0.456 e. The van der Waals surface area contributed by atoms with E-state index in [-0.39, 0.29) is 11.8 Å². The third kappa shape index (κ3) is 7.68. The van der Waals surface area contributed by atoms with Gasteiger partial charge in [0.1, 0.15) is 5.76 Å². The Morgan fingerprint density at radius 2 is 1.56 bits per heavy atom. The zero-order valence-electron chi connectivity index (χ0n) is 23.0. The molecule has 1 aliphatic heterocycles. The number of allylic oxidation sites excluding steroid dienone is 5. The first kappa shape index (κ1) is 27.9. The maximum atomic E-state index is 13.2. The first-order valence-electron chi connectivity index (χ1n) is 13.6. The van der Waals surface area contributed by atoms with Crippen molar-refractivity contribution in [1.29, 1.82) is 0 Å². The lowest BCUT2D eigenvalue weighted by Crippen LogP contribution is -2.23. The van der Waals surface area contributed by atoms with Crippen LogP contribution in [0.3, 0.4) is 0 Å². The molecular weight excluding hydrogens is 486 g/mol. The van der Waals surface area contributed by atoms with Crippen LogP contribution in [-0.4, -0.2) is 31.4 Å². The standard InChI is InChI=1S/C29H28N2O3.C4H9N/c1-4-30-28(32)24-14-15-27(34-25-11-7-8-19(2)20(3)16-25)26(18-24)31-29(33)23-13-12-21-9-5-6-10-22(21)17-23;1-2-4-5-3-1/h5-6,8-18H,4,7H2,1-3H3,(H,30,32)(H,31,33);5H,1-4H2. The van der Waals surface area contributed by atoms with Crippen LogP contribution in [0.4, 0.5) is 5.69 Å². The summed E-state index contributed by atoms with van der Waals surface area (Å²) in [5.41, 5.74) is 3.72. The van der Waals surface area contributed by atoms with Gasteiger partial charge in [0.05, 0.1) is 5.69 Å². The highest BCUT2D eigenvalue weighted by atomic mass is 16.5. The molecule has 0 unspecified atom stereocenters. The number of ether oxygens (including phenoxy) is 1. The van der Waals surface area contributed by atoms with Gasteiger partial charge >= 0.3 is 0 Å². The first-order chi connectivity index (χ1) is 18.9. The third-order valence-corrected chi connectivity index (χ3v) is 6.75. The SMILES string of the molecule is C1CCNC1.CCNC(=O)c1ccc(OC2=CCC=C(C)C(C)=C2)c(NC(=O)c2ccc3ccccc3c2)c1. The van der Waals surface area contributed by atoms with Crippen LogP contribution in [-0.2, 0) is 0 Å². The fourth-order valence-corrected chi connectivity index (χ4v) is 4.37. The van der Waals surface area contributed by atoms with Crippen LogP contribution in [0.5, 0.6) is 5.75 Å². The monoisotopic (exact) mass is 523 g/mol. The van der Waals surface area contributed by atoms with E-state index >= 15 is 0 Å². The van der Waals surface area contributed by atoms with Crippen molar-refractivity contribution in [3.8, 4) is 5.75 Å². The fourth-order valence-electron chi connectivity index (χ4n) is 4.37. The molecule has 3 aromatic rings. The Bertz CT molecular complexity index is 1420. The van der Waals surface area contributed by atoms with Crippen LogP contribution in [0.1, 0.15) is 60.7 Å². The van der Waals surface area contributed by atoms with Gasteiger partial charge in [0, 0.05) is 17.7 Å². The van der Waals surface area contributed by atoms with Crippen LogP contribution in [0.2, 0.25) is 0 Å². The molecule has 2 amide bonds. The quantitative estimate of drug-likeness (QED) is 0.333. The Balaban J connectivity index is 0.000000634. The molecule has 6 nitrogen and oxygen atoms in total. The minimum Gasteiger partial charge on any atom is -0.456 e. The van der Waals surface area contributed by atoms with Crippen molar-refractivity contribution in [2.45, 2.75) is 40.0 Å². The van der Waals surface area contributed by atoms with Crippen molar-refractivity contribution in [1.82, 2.24) is 10.6 Å². The van der Waals surface area contributed by atoms with E-state index in [4.69, 9.17) is 4.74 Å². The van der Waals surface area contributed by atoms with Gasteiger partial charge in [-0.05, 0) is 112 Å². The van der Waals surface area contributed by atoms with Gasteiger partial charge in [0.15, 0.2) is 5.75 Å². The van der Waals surface area contributed by atoms with Gasteiger partial charge in [0.25, 0.3) is 11.8 Å². The van der Waals surface area contributed by atoms with E-state index in [2.05, 4.69) is 29.0 Å². The summed E-state index contributed by atoms with van der Waals surface area (Å²) in [6.07, 6.45) is 9.64. The second kappa shape index (κ2) is 13.6. The lowest BCUT2D eigenvalue weighted by molar-refractivity contribution is 0.0954. The molecule has 39 heavy (non-hydrogen) atoms. The third-order valence-electron chi connectivity index (χ3n) is 6.75. The van der Waals surface area contributed by atoms with Crippen LogP contribution >= 0.6 is 0 Å². The number of hydrogen-bond donors (Lipinski definition) is 3. The molecule has 0 saturated carbocycles. The van der Waals surface area contributed by atoms with E-state index < -0.39 is 0 Å². The summed E-state index contributed by atoms with van der Waals surface area (Å²) in [6.45, 7) is 8.98. The van der Waals surface area contributed by atoms with E-state index in [1.165, 1.54) is 31.5 Å². The Labute approximate surface area is 230 Å². The number of amides is 2. The van der Waals surface area contributed by atoms with Crippen LogP contribution in [0.25, 0.3) is 10.8 Å². The Kier molecular flexibility index (Phi) is 9.70. The van der Waals surface area contributed by atoms with Crippen molar-refractivity contribution >= 4 is 28.3 Å². The Morgan fingerprint density at radius 3 is 2.28 bits per heavy atom. The molecule has 3 aromatic carbocycles. The summed E-state index contributed by atoms with van der Waals surface area (Å²) in [7, 11) is 0. The summed E-state index contributed by atoms with van der Waals surface area (Å²) in [5.74, 6) is 0.678. The highest BCUT2D eigenvalue weighted by molar-refractivity contribution is 6.08. The second-order valence-corrected chi connectivity index (χ2v) is 9.70. The molecule has 202 valence electrons. The zero-order chi connectivity index (χ0) is 27.6. The van der Waals surface area contributed by atoms with Crippen molar-refractivity contribution in [3.05, 3.63) is 107 Å². The van der Waals surface area contributed by atoms with Gasteiger partial charge in [0.2, 0.25) is 0 Å². The fraction of sp³-hybridized carbons (Fsp3) is 0.273. The molecule has 1 aliphatic carbocycles. The predicted octanol–water partition coefficient (Wildman–Crippen LogP) is 6.77. The van der Waals surface area contributed by atoms with Crippen molar-refractivity contribution in [3.63, 3.8) is 0 Å². The highest BCUT2D eigenvalue weighted by Crippen LogP contribution is 2.30. The van der Waals surface area contributed by atoms with Crippen molar-refractivity contribution < 1.29 is 14.3 Å². The second-order valence-electron chi connectivity index (χ2n) is 9.70. The number of anilines is 1. The van der Waals surface area contributed by atoms with E-state index in [0.717, 1.165) is 22.8 Å². The van der Waals surface area contributed by atoms with Gasteiger partial charge in [-0.3, -0.25) is 9.59 Å². The predicted molar refractivity (Wildman–Crippen MR) is 159 cm³/mol. The topological polar surface area (TPSA) is 79.5 Å². The van der Waals surface area contributed by atoms with E-state index in [1.807, 2.05) is 62.4 Å². The van der Waals surface area contributed by atoms with Crippen LogP contribution < -0.4 is 20.7 Å². The highest BCUT2D eigenvalue weighted by Gasteiger charge is 2.16. The molecule has 1 heterocycles. The molecule has 2 aliphatic rings. The summed E-state index contributed by atoms with van der Waals surface area (Å²) in [5, 5.41) is 11.0. The maximum absolute atomic E-state index is 13.2. The molecule has 5 rings (SSSR count). The molecular formula is C33H37N3O3. The number of rotatable bonds is 6. The molecule has 0 aromatic heterocycles. The Hall–Kier alpha value is -4.16. The minimum atomic E-state index is -0.275. The lowest BCUT2D eigenvalue weighted by Gasteiger charge is -2.15. The number of carbonyl (C=O) groups excluding carboxylic acids is 2. The zero-order valence-corrected chi connectivity index (χ0v) is 23.0. The van der Waals surface area contributed by atoms with Gasteiger partial charge in [-0.2, -0.15) is 0 Å². The molecule has 0 spiro atoms. The molecule has 0 atom stereocenters. The summed E-state index contributed by atoms with van der Waals surface area (Å²) >= 11 is 0. The maximum Gasteiger partial charge on any atom is 0.255 e. The van der Waals surface area contributed by atoms with Crippen molar-refractivity contribution in [2.24, 2.45) is 0 Å². The summed E-state index contributed by atoms with van der Waals surface area (Å²) in [6, 6.07) is 18.5. The number of carbonyl (C=O) groups is 2. The molecule has 0 radical (unpaired) electrons. The van der Waals surface area contributed by atoms with E-state index in [0.29, 0.717) is 34.9 Å². The Morgan fingerprint density at radius 1 is 0.846 bits per heavy atom. The molecule has 1 fully saturated rings. The average molecular weight is 524 g/mol. The minimum absolute atomic E-state index is 0.209. The van der Waals surface area contributed by atoms with E-state index in [1.54, 1.807) is 24.3 Å². The van der Waals surface area contributed by atoms with Crippen molar-refractivity contribution in [2.75, 3.05) is 25.0 Å². The van der Waals surface area contributed by atoms with E-state index in [9.17, 15) is 9.59 Å². The average Bonchev–Trinajstić information content (AvgIpc) is 3.49. The van der Waals surface area contributed by atoms with Crippen LogP contribution in [0, 0.1) is 0 Å². The van der Waals surface area contributed by atoms with Gasteiger partial charge in [-0.15, -0.1) is 0 Å². The normalized spacial score (nSPS) is 14.7. The number of fused-ring (bicyclic) bond motifs is 1. The smallest absolute Gasteiger partial charge is 0.255 e. The number of benzene rings is 3. The van der Waals surface area contributed by atoms with Gasteiger partial charge in [-0.1, -0.05) is 42.0 Å². The summed E-state index contributed by atoms with van der Waals surface area (Å²) in [4.78, 5) is 25.6. The van der Waals surface area contributed by atoms with Crippen LogP contribution in [0.15, 0.2) is 95.8 Å². The first-order valence-corrected chi connectivity index (χ1v) is 13.6. The number of hydrogen-bond acceptors (Lipinski definition) is 4. The van der Waals surface area contributed by atoms with Gasteiger partial charge in [-0.25, -0.2) is 0 Å². The molecule has 1 saturated heterocycles. The van der Waals surface area contributed by atoms with Gasteiger partial charge < -0.3 is 20.7 Å².